The number of benzene rings is 2. The summed E-state index contributed by atoms with van der Waals surface area (Å²) in [5, 5.41) is 7.30. The van der Waals surface area contributed by atoms with Crippen molar-refractivity contribution in [2.24, 2.45) is 0 Å². The van der Waals surface area contributed by atoms with Crippen molar-refractivity contribution in [1.82, 2.24) is 19.3 Å². The van der Waals surface area contributed by atoms with Crippen LogP contribution in [0.1, 0.15) is 0 Å². The minimum atomic E-state index is -0.537. The van der Waals surface area contributed by atoms with Crippen LogP contribution < -0.4 is 17.0 Å². The topological polar surface area (TPSA) is 95.8 Å². The number of anilines is 1. The van der Waals surface area contributed by atoms with E-state index in [1.807, 2.05) is 30.3 Å². The maximum absolute atomic E-state index is 12.7. The Balaban J connectivity index is 2.31. The van der Waals surface area contributed by atoms with Crippen LogP contribution in [0.2, 0.25) is 0 Å². The zero-order valence-electron chi connectivity index (χ0n) is 11.9. The van der Waals surface area contributed by atoms with Crippen LogP contribution in [-0.4, -0.2) is 19.3 Å². The van der Waals surface area contributed by atoms with Crippen molar-refractivity contribution in [1.29, 1.82) is 0 Å². The van der Waals surface area contributed by atoms with Gasteiger partial charge in [0.05, 0.1) is 11.0 Å². The molecule has 7 nitrogen and oxygen atoms in total. The highest BCUT2D eigenvalue weighted by molar-refractivity contribution is 5.81. The molecule has 0 amide bonds. The van der Waals surface area contributed by atoms with Gasteiger partial charge in [-0.05, 0) is 30.3 Å². The van der Waals surface area contributed by atoms with Gasteiger partial charge in [-0.15, -0.1) is 5.10 Å². The fourth-order valence-corrected chi connectivity index (χ4v) is 2.65. The van der Waals surface area contributed by atoms with Crippen LogP contribution in [0, 0.1) is 0 Å². The van der Waals surface area contributed by atoms with E-state index in [2.05, 4.69) is 10.2 Å². The van der Waals surface area contributed by atoms with Gasteiger partial charge in [-0.2, -0.15) is 0 Å². The molecule has 7 heteroatoms. The van der Waals surface area contributed by atoms with Gasteiger partial charge in [0.2, 0.25) is 0 Å². The molecule has 0 saturated carbocycles. The first-order valence-corrected chi connectivity index (χ1v) is 6.91. The molecule has 0 bridgehead atoms. The van der Waals surface area contributed by atoms with Crippen LogP contribution >= 0.6 is 0 Å². The molecule has 0 unspecified atom stereocenters. The fraction of sp³-hybridized carbons (Fsp3) is 0. The second kappa shape index (κ2) is 4.77. The number of nitrogens with zero attached hydrogens (tertiary/aromatic N) is 4. The first kappa shape index (κ1) is 13.2. The maximum atomic E-state index is 12.7. The standard InChI is InChI=1S/C16H11N5O2/c17-10-6-7-12-13(8-10)20(11-4-2-1-3-5-11)15(22)9-14-18-19-16(23)21(12)14/h1-9H,17H2. The third-order valence-corrected chi connectivity index (χ3v) is 3.63. The van der Waals surface area contributed by atoms with Gasteiger partial charge in [0, 0.05) is 17.4 Å². The average Bonchev–Trinajstić information content (AvgIpc) is 2.84. The molecule has 2 aliphatic rings. The quantitative estimate of drug-likeness (QED) is 0.528. The molecular weight excluding hydrogens is 294 g/mol. The average molecular weight is 305 g/mol. The Hall–Kier alpha value is -3.48. The molecule has 0 saturated heterocycles. The smallest absolute Gasteiger partial charge is 0.372 e. The van der Waals surface area contributed by atoms with Crippen molar-refractivity contribution in [2.75, 3.05) is 5.73 Å². The van der Waals surface area contributed by atoms with Gasteiger partial charge >= 0.3 is 5.69 Å². The summed E-state index contributed by atoms with van der Waals surface area (Å²) in [5.41, 5.74) is 7.20. The number of aromatic nitrogens is 4. The summed E-state index contributed by atoms with van der Waals surface area (Å²) in [4.78, 5) is 24.7. The van der Waals surface area contributed by atoms with Gasteiger partial charge in [-0.1, -0.05) is 23.3 Å². The Morgan fingerprint density at radius 3 is 2.39 bits per heavy atom. The highest BCUT2D eigenvalue weighted by Gasteiger charge is 2.15. The Morgan fingerprint density at radius 2 is 1.61 bits per heavy atom. The lowest BCUT2D eigenvalue weighted by Gasteiger charge is -2.08. The molecule has 2 aromatic carbocycles. The zero-order chi connectivity index (χ0) is 16.0. The SMILES string of the molecule is Nc1ccc2c(c1)n(-c1ccccc1)c(=O)cc1nnc(=O)n2-1. The van der Waals surface area contributed by atoms with Gasteiger partial charge < -0.3 is 5.73 Å². The van der Waals surface area contributed by atoms with E-state index in [0.29, 0.717) is 22.4 Å². The lowest BCUT2D eigenvalue weighted by molar-refractivity contribution is 1.03. The summed E-state index contributed by atoms with van der Waals surface area (Å²) < 4.78 is 2.80. The van der Waals surface area contributed by atoms with Crippen LogP contribution in [0.25, 0.3) is 22.5 Å². The van der Waals surface area contributed by atoms with Crippen molar-refractivity contribution in [2.45, 2.75) is 0 Å². The van der Waals surface area contributed by atoms with E-state index in [0.717, 1.165) is 0 Å². The summed E-state index contributed by atoms with van der Waals surface area (Å²) in [6.07, 6.45) is 0. The molecule has 2 N–H and O–H groups in total. The van der Waals surface area contributed by atoms with Crippen LogP contribution in [0.5, 0.6) is 0 Å². The van der Waals surface area contributed by atoms with Crippen molar-refractivity contribution in [3.8, 4) is 11.5 Å². The number of nitrogens with two attached hydrogens (primary N) is 1. The number of nitrogen functional groups attached to an aromatic ring is 1. The van der Waals surface area contributed by atoms with E-state index in [4.69, 9.17) is 5.73 Å². The summed E-state index contributed by atoms with van der Waals surface area (Å²) in [6.45, 7) is 0. The number of hydrogen-bond donors (Lipinski definition) is 1. The lowest BCUT2D eigenvalue weighted by Crippen LogP contribution is -2.15. The maximum Gasteiger partial charge on any atom is 0.372 e. The molecule has 0 fully saturated rings. The minimum absolute atomic E-state index is 0.199. The molecule has 112 valence electrons. The normalized spacial score (nSPS) is 11.1. The molecular formula is C16H11N5O2. The summed E-state index contributed by atoms with van der Waals surface area (Å²) in [5.74, 6) is 0.199. The van der Waals surface area contributed by atoms with E-state index in [1.165, 1.54) is 15.2 Å². The largest absolute Gasteiger partial charge is 0.399 e. The van der Waals surface area contributed by atoms with E-state index < -0.39 is 5.69 Å². The fourth-order valence-electron chi connectivity index (χ4n) is 2.65. The first-order chi connectivity index (χ1) is 11.1. The van der Waals surface area contributed by atoms with Crippen molar-refractivity contribution in [3.05, 3.63) is 75.4 Å². The van der Waals surface area contributed by atoms with Gasteiger partial charge in [0.15, 0.2) is 5.82 Å². The van der Waals surface area contributed by atoms with E-state index in [9.17, 15) is 9.59 Å². The number of rotatable bonds is 1. The molecule has 2 aromatic rings. The number of hydrogen-bond acceptors (Lipinski definition) is 5. The monoisotopic (exact) mass is 305 g/mol. The first-order valence-electron chi connectivity index (χ1n) is 6.91. The van der Waals surface area contributed by atoms with Gasteiger partial charge in [0.1, 0.15) is 0 Å². The second-order valence-electron chi connectivity index (χ2n) is 5.08. The lowest BCUT2D eigenvalue weighted by atomic mass is 10.2. The molecule has 0 aromatic heterocycles. The van der Waals surface area contributed by atoms with Crippen LogP contribution in [0.15, 0.2) is 64.2 Å². The van der Waals surface area contributed by atoms with Crippen molar-refractivity contribution < 1.29 is 0 Å². The van der Waals surface area contributed by atoms with Gasteiger partial charge in [-0.3, -0.25) is 9.36 Å². The predicted octanol–water partition coefficient (Wildman–Crippen LogP) is 0.952. The third-order valence-electron chi connectivity index (χ3n) is 3.63. The summed E-state index contributed by atoms with van der Waals surface area (Å²) in [6, 6.07) is 15.4. The number of para-hydroxylation sites is 1. The zero-order valence-corrected chi connectivity index (χ0v) is 11.9. The van der Waals surface area contributed by atoms with Crippen LogP contribution in [0.4, 0.5) is 5.69 Å². The van der Waals surface area contributed by atoms with E-state index in [-0.39, 0.29) is 11.4 Å². The molecule has 0 aliphatic carbocycles. The molecule has 2 aliphatic heterocycles. The molecule has 0 spiro atoms. The predicted molar refractivity (Wildman–Crippen MR) is 86.3 cm³/mol. The van der Waals surface area contributed by atoms with Gasteiger partial charge in [0.25, 0.3) is 5.56 Å². The molecule has 4 rings (SSSR count). The molecule has 23 heavy (non-hydrogen) atoms. The van der Waals surface area contributed by atoms with Gasteiger partial charge in [-0.25, -0.2) is 9.36 Å². The highest BCUT2D eigenvalue weighted by Crippen LogP contribution is 2.20. The number of fused-ring (bicyclic) bond motifs is 3. The second-order valence-corrected chi connectivity index (χ2v) is 5.08. The molecule has 0 atom stereocenters. The third kappa shape index (κ3) is 1.98. The van der Waals surface area contributed by atoms with Crippen LogP contribution in [0.3, 0.4) is 0 Å². The Kier molecular flexibility index (Phi) is 2.74. The Morgan fingerprint density at radius 1 is 0.826 bits per heavy atom. The van der Waals surface area contributed by atoms with Crippen LogP contribution in [-0.2, 0) is 0 Å². The highest BCUT2D eigenvalue weighted by atomic mass is 16.2. The van der Waals surface area contributed by atoms with E-state index >= 15 is 0 Å². The Labute approximate surface area is 129 Å². The van der Waals surface area contributed by atoms with Crippen molar-refractivity contribution >= 4 is 16.7 Å². The minimum Gasteiger partial charge on any atom is -0.399 e. The Bertz CT molecular complexity index is 1110. The van der Waals surface area contributed by atoms with Crippen molar-refractivity contribution in [3.63, 3.8) is 0 Å². The van der Waals surface area contributed by atoms with E-state index in [1.54, 1.807) is 18.2 Å². The summed E-state index contributed by atoms with van der Waals surface area (Å²) >= 11 is 0. The molecule has 2 heterocycles. The molecule has 0 radical (unpaired) electrons. The summed E-state index contributed by atoms with van der Waals surface area (Å²) in [7, 11) is 0.